The van der Waals surface area contributed by atoms with Crippen molar-refractivity contribution in [2.75, 3.05) is 18.6 Å². The van der Waals surface area contributed by atoms with Crippen molar-refractivity contribution in [1.29, 1.82) is 0 Å². The first-order valence-electron chi connectivity index (χ1n) is 8.10. The Hall–Kier alpha value is -2.56. The number of nitrogens with zero attached hydrogens (tertiary/aromatic N) is 1. The number of piperidine rings is 1. The zero-order valence-corrected chi connectivity index (χ0v) is 13.4. The van der Waals surface area contributed by atoms with E-state index in [1.54, 1.807) is 6.07 Å². The van der Waals surface area contributed by atoms with Crippen LogP contribution in [0, 0.1) is 11.7 Å². The first kappa shape index (κ1) is 15.0. The lowest BCUT2D eigenvalue weighted by Crippen LogP contribution is -2.42. The molecule has 1 saturated heterocycles. The molecule has 2 atom stereocenters. The average Bonchev–Trinajstić information content (AvgIpc) is 2.75. The number of rotatable bonds is 1. The summed E-state index contributed by atoms with van der Waals surface area (Å²) in [4.78, 5) is 14.4. The summed E-state index contributed by atoms with van der Waals surface area (Å²) in [5.74, 6) is 0.454. The number of ether oxygens (including phenoxy) is 2. The van der Waals surface area contributed by atoms with E-state index in [9.17, 15) is 9.18 Å². The van der Waals surface area contributed by atoms with Gasteiger partial charge in [-0.05, 0) is 31.0 Å². The van der Waals surface area contributed by atoms with Gasteiger partial charge in [0.05, 0.1) is 24.8 Å². The fraction of sp³-hybridized carbons (Fsp3) is 0.316. The first-order chi connectivity index (χ1) is 11.7. The van der Waals surface area contributed by atoms with Crippen molar-refractivity contribution in [3.63, 3.8) is 0 Å². The van der Waals surface area contributed by atoms with E-state index < -0.39 is 0 Å². The summed E-state index contributed by atoms with van der Waals surface area (Å²) in [6, 6.07) is 12.0. The third-order valence-corrected chi connectivity index (χ3v) is 4.82. The lowest BCUT2D eigenvalue weighted by Gasteiger charge is -2.40. The number of hydrogen-bond donors (Lipinski definition) is 0. The third-order valence-electron chi connectivity index (χ3n) is 4.82. The summed E-state index contributed by atoms with van der Waals surface area (Å²) in [6.45, 7) is 0.742. The number of benzene rings is 2. The monoisotopic (exact) mass is 327 g/mol. The molecule has 0 aliphatic carbocycles. The molecule has 1 fully saturated rings. The van der Waals surface area contributed by atoms with Crippen molar-refractivity contribution >= 4 is 11.7 Å². The van der Waals surface area contributed by atoms with Crippen molar-refractivity contribution in [2.45, 2.75) is 18.9 Å². The second kappa shape index (κ2) is 5.82. The zero-order valence-electron chi connectivity index (χ0n) is 13.4. The summed E-state index contributed by atoms with van der Waals surface area (Å²) >= 11 is 0. The number of carbonyl (C=O) groups excluding carboxylic acids is 1. The fourth-order valence-electron chi connectivity index (χ4n) is 3.79. The number of para-hydroxylation sites is 1. The maximum absolute atomic E-state index is 13.9. The van der Waals surface area contributed by atoms with Gasteiger partial charge in [0.2, 0.25) is 0 Å². The highest BCUT2D eigenvalue weighted by molar-refractivity contribution is 5.76. The van der Waals surface area contributed by atoms with Crippen molar-refractivity contribution in [2.24, 2.45) is 5.92 Å². The number of hydrogen-bond acceptors (Lipinski definition) is 4. The Morgan fingerprint density at radius 2 is 2.08 bits per heavy atom. The topological polar surface area (TPSA) is 38.8 Å². The van der Waals surface area contributed by atoms with Crippen LogP contribution >= 0.6 is 0 Å². The van der Waals surface area contributed by atoms with Crippen LogP contribution in [0.1, 0.15) is 24.4 Å². The summed E-state index contributed by atoms with van der Waals surface area (Å²) in [6.07, 6.45) is 1.58. The van der Waals surface area contributed by atoms with Gasteiger partial charge >= 0.3 is 5.97 Å². The van der Waals surface area contributed by atoms with E-state index in [1.807, 2.05) is 24.3 Å². The Morgan fingerprint density at radius 3 is 2.92 bits per heavy atom. The van der Waals surface area contributed by atoms with Crippen LogP contribution in [0.5, 0.6) is 11.5 Å². The van der Waals surface area contributed by atoms with Crippen LogP contribution in [0.4, 0.5) is 10.1 Å². The molecule has 0 spiro atoms. The number of methoxy groups -OCH3 is 1. The minimum Gasteiger partial charge on any atom is -0.469 e. The van der Waals surface area contributed by atoms with E-state index in [1.165, 1.54) is 19.2 Å². The molecule has 0 bridgehead atoms. The van der Waals surface area contributed by atoms with E-state index >= 15 is 0 Å². The molecule has 4 rings (SSSR count). The molecule has 4 nitrogen and oxygen atoms in total. The minimum absolute atomic E-state index is 0.217. The van der Waals surface area contributed by atoms with E-state index in [2.05, 4.69) is 4.90 Å². The van der Waals surface area contributed by atoms with Gasteiger partial charge in [0.25, 0.3) is 0 Å². The largest absolute Gasteiger partial charge is 0.469 e. The third kappa shape index (κ3) is 2.31. The Balaban J connectivity index is 1.92. The lowest BCUT2D eigenvalue weighted by molar-refractivity contribution is -0.147. The molecule has 124 valence electrons. The number of esters is 1. The van der Waals surface area contributed by atoms with Crippen molar-refractivity contribution in [3.8, 4) is 11.5 Å². The highest BCUT2D eigenvalue weighted by Crippen LogP contribution is 2.49. The van der Waals surface area contributed by atoms with Gasteiger partial charge in [0, 0.05) is 18.2 Å². The highest BCUT2D eigenvalue weighted by atomic mass is 19.1. The van der Waals surface area contributed by atoms with Gasteiger partial charge in [-0.3, -0.25) is 4.79 Å². The maximum Gasteiger partial charge on any atom is 0.311 e. The average molecular weight is 327 g/mol. The molecule has 0 amide bonds. The normalized spacial score (nSPS) is 21.7. The molecule has 0 saturated carbocycles. The van der Waals surface area contributed by atoms with Gasteiger partial charge in [-0.25, -0.2) is 4.39 Å². The minimum atomic E-state index is -0.317. The number of carbonyl (C=O) groups is 1. The van der Waals surface area contributed by atoms with Gasteiger partial charge in [0.15, 0.2) is 5.75 Å². The fourth-order valence-corrected chi connectivity index (χ4v) is 3.79. The quantitative estimate of drug-likeness (QED) is 0.740. The van der Waals surface area contributed by atoms with Crippen LogP contribution in [0.25, 0.3) is 0 Å². The second-order valence-corrected chi connectivity index (χ2v) is 6.16. The van der Waals surface area contributed by atoms with Crippen LogP contribution in [-0.2, 0) is 9.53 Å². The Bertz CT molecular complexity index is 792. The van der Waals surface area contributed by atoms with Crippen molar-refractivity contribution in [1.82, 2.24) is 0 Å². The molecular formula is C19H18FNO3. The van der Waals surface area contributed by atoms with Crippen LogP contribution in [0.3, 0.4) is 0 Å². The molecule has 0 N–H and O–H groups in total. The molecule has 2 aliphatic rings. The second-order valence-electron chi connectivity index (χ2n) is 6.16. The van der Waals surface area contributed by atoms with Crippen molar-refractivity contribution in [3.05, 3.63) is 53.8 Å². The predicted octanol–water partition coefficient (Wildman–Crippen LogP) is 4.06. The molecule has 2 heterocycles. The Kier molecular flexibility index (Phi) is 3.63. The van der Waals surface area contributed by atoms with Crippen LogP contribution in [0.15, 0.2) is 42.5 Å². The molecular weight excluding hydrogens is 309 g/mol. The van der Waals surface area contributed by atoms with Crippen molar-refractivity contribution < 1.29 is 18.7 Å². The summed E-state index contributed by atoms with van der Waals surface area (Å²) in [7, 11) is 1.41. The van der Waals surface area contributed by atoms with Crippen LogP contribution in [0.2, 0.25) is 0 Å². The SMILES string of the molecule is COC(=O)[C@@H]1CCCN2c3cc(F)ccc3Oc3ccccc3[C@@H]12. The van der Waals surface area contributed by atoms with E-state index in [0.717, 1.165) is 24.9 Å². The number of halogens is 1. The van der Waals surface area contributed by atoms with Crippen LogP contribution in [-0.4, -0.2) is 19.6 Å². The standard InChI is InChI=1S/C19H18FNO3/c1-23-19(22)14-6-4-10-21-15-11-12(20)8-9-17(15)24-16-7-3-2-5-13(16)18(14)21/h2-3,5,7-9,11,14,18H,4,6,10H2,1H3/t14-,18+/m1/s1. The molecule has 0 unspecified atom stereocenters. The smallest absolute Gasteiger partial charge is 0.311 e. The molecule has 5 heteroatoms. The lowest BCUT2D eigenvalue weighted by atomic mass is 9.84. The number of fused-ring (bicyclic) bond motifs is 5. The zero-order chi connectivity index (χ0) is 16.7. The van der Waals surface area contributed by atoms with E-state index in [4.69, 9.17) is 9.47 Å². The van der Waals surface area contributed by atoms with Gasteiger partial charge in [-0.1, -0.05) is 18.2 Å². The number of anilines is 1. The molecule has 2 aromatic carbocycles. The van der Waals surface area contributed by atoms with Gasteiger partial charge in [0.1, 0.15) is 11.6 Å². The van der Waals surface area contributed by atoms with Gasteiger partial charge in [-0.2, -0.15) is 0 Å². The highest BCUT2D eigenvalue weighted by Gasteiger charge is 2.41. The predicted molar refractivity (Wildman–Crippen MR) is 87.7 cm³/mol. The summed E-state index contributed by atoms with van der Waals surface area (Å²) in [5.41, 5.74) is 1.62. The van der Waals surface area contributed by atoms with Gasteiger partial charge < -0.3 is 14.4 Å². The van der Waals surface area contributed by atoms with Crippen LogP contribution < -0.4 is 9.64 Å². The molecule has 0 radical (unpaired) electrons. The maximum atomic E-state index is 13.9. The summed E-state index contributed by atoms with van der Waals surface area (Å²) in [5, 5.41) is 0. The van der Waals surface area contributed by atoms with E-state index in [-0.39, 0.29) is 23.7 Å². The first-order valence-corrected chi connectivity index (χ1v) is 8.10. The molecule has 2 aliphatic heterocycles. The van der Waals surface area contributed by atoms with Gasteiger partial charge in [-0.15, -0.1) is 0 Å². The molecule has 0 aromatic heterocycles. The van der Waals surface area contributed by atoms with E-state index in [0.29, 0.717) is 17.2 Å². The Morgan fingerprint density at radius 1 is 1.25 bits per heavy atom. The summed E-state index contributed by atoms with van der Waals surface area (Å²) < 4.78 is 24.9. The Labute approximate surface area is 139 Å². The molecule has 2 aromatic rings. The molecule has 24 heavy (non-hydrogen) atoms.